The number of carbonyl (C=O) groups is 3. The molecule has 246 valence electrons. The number of aromatic hydroxyl groups is 1. The Morgan fingerprint density at radius 2 is 1.51 bits per heavy atom. The molecule has 3 amide bonds. The average Bonchev–Trinajstić information content (AvgIpc) is 3.49. The van der Waals surface area contributed by atoms with Crippen molar-refractivity contribution in [2.75, 3.05) is 13.1 Å². The molecule has 1 saturated heterocycles. The lowest BCUT2D eigenvalue weighted by Crippen LogP contribution is -2.56. The minimum atomic E-state index is -0.909. The van der Waals surface area contributed by atoms with Gasteiger partial charge in [-0.1, -0.05) is 78.9 Å². The summed E-state index contributed by atoms with van der Waals surface area (Å²) in [7, 11) is 0. The zero-order valence-corrected chi connectivity index (χ0v) is 26.8. The molecule has 0 aromatic heterocycles. The van der Waals surface area contributed by atoms with Gasteiger partial charge in [0.2, 0.25) is 17.7 Å². The molecule has 0 bridgehead atoms. The lowest BCUT2D eigenvalue weighted by Gasteiger charge is -2.30. The third-order valence-corrected chi connectivity index (χ3v) is 8.67. The van der Waals surface area contributed by atoms with E-state index < -0.39 is 18.0 Å². The molecule has 5 rings (SSSR count). The lowest BCUT2D eigenvalue weighted by atomic mass is 10.0. The van der Waals surface area contributed by atoms with Crippen LogP contribution >= 0.6 is 0 Å². The second kappa shape index (κ2) is 16.2. The zero-order valence-electron chi connectivity index (χ0n) is 26.8. The van der Waals surface area contributed by atoms with E-state index in [4.69, 9.17) is 10.5 Å². The minimum absolute atomic E-state index is 0.0778. The van der Waals surface area contributed by atoms with Crippen LogP contribution in [0.5, 0.6) is 5.75 Å². The Balaban J connectivity index is 1.33. The summed E-state index contributed by atoms with van der Waals surface area (Å²) in [5, 5.41) is 17.7. The van der Waals surface area contributed by atoms with Crippen molar-refractivity contribution < 1.29 is 24.2 Å². The smallest absolute Gasteiger partial charge is 0.245 e. The Hall–Kier alpha value is -4.73. The van der Waals surface area contributed by atoms with E-state index >= 15 is 0 Å². The number of nitrogens with two attached hydrogens (primary N) is 1. The molecule has 1 aliphatic rings. The predicted molar refractivity (Wildman–Crippen MR) is 182 cm³/mol. The quantitative estimate of drug-likeness (QED) is 0.164. The summed E-state index contributed by atoms with van der Waals surface area (Å²) in [5.41, 5.74) is 8.61. The first-order valence-electron chi connectivity index (χ1n) is 16.3. The number of benzene rings is 4. The largest absolute Gasteiger partial charge is 0.508 e. The molecule has 0 aliphatic carbocycles. The second-order valence-electron chi connectivity index (χ2n) is 12.3. The van der Waals surface area contributed by atoms with Gasteiger partial charge in [-0.3, -0.25) is 14.4 Å². The van der Waals surface area contributed by atoms with Crippen LogP contribution in [0.15, 0.2) is 97.1 Å². The van der Waals surface area contributed by atoms with Crippen molar-refractivity contribution in [3.63, 3.8) is 0 Å². The van der Waals surface area contributed by atoms with Crippen LogP contribution in [0.4, 0.5) is 0 Å². The second-order valence-corrected chi connectivity index (χ2v) is 12.3. The van der Waals surface area contributed by atoms with Crippen LogP contribution in [-0.2, 0) is 38.6 Å². The van der Waals surface area contributed by atoms with Crippen molar-refractivity contribution in [1.29, 1.82) is 0 Å². The number of phenolic OH excluding ortho intramolecular Hbond substituents is 1. The molecule has 3 unspecified atom stereocenters. The SMILES string of the molecule is CC(=O)NC(Cc1ccc(O)cc1)C(=O)N[C@H](Cc1ccccc1)C(=O)N1CC(OCc2ccc3ccccc3c2)CC1CCCN. The van der Waals surface area contributed by atoms with Crippen LogP contribution in [0.1, 0.15) is 42.9 Å². The number of rotatable bonds is 14. The normalized spacial score (nSPS) is 17.3. The number of ether oxygens (including phenoxy) is 1. The molecule has 9 nitrogen and oxygen atoms in total. The Kier molecular flexibility index (Phi) is 11.6. The molecular weight excluding hydrogens is 592 g/mol. The first-order valence-corrected chi connectivity index (χ1v) is 16.3. The highest BCUT2D eigenvalue weighted by atomic mass is 16.5. The average molecular weight is 637 g/mol. The molecule has 9 heteroatoms. The van der Waals surface area contributed by atoms with Gasteiger partial charge in [-0.05, 0) is 71.5 Å². The van der Waals surface area contributed by atoms with E-state index in [1.807, 2.05) is 47.4 Å². The van der Waals surface area contributed by atoms with E-state index in [-0.39, 0.29) is 36.1 Å². The van der Waals surface area contributed by atoms with E-state index in [2.05, 4.69) is 41.0 Å². The molecular formula is C38H44N4O5. The molecule has 4 atom stereocenters. The van der Waals surface area contributed by atoms with Crippen molar-refractivity contribution in [2.45, 2.75) is 69.9 Å². The maximum Gasteiger partial charge on any atom is 0.245 e. The third-order valence-electron chi connectivity index (χ3n) is 8.67. The fourth-order valence-electron chi connectivity index (χ4n) is 6.28. The summed E-state index contributed by atoms with van der Waals surface area (Å²) in [4.78, 5) is 42.1. The highest BCUT2D eigenvalue weighted by Crippen LogP contribution is 2.27. The van der Waals surface area contributed by atoms with Crippen molar-refractivity contribution in [2.24, 2.45) is 5.73 Å². The Labute approximate surface area is 276 Å². The van der Waals surface area contributed by atoms with E-state index in [0.717, 1.165) is 34.9 Å². The molecule has 1 heterocycles. The fraction of sp³-hybridized carbons (Fsp3) is 0.342. The van der Waals surface area contributed by atoms with Gasteiger partial charge in [0.15, 0.2) is 0 Å². The maximum absolute atomic E-state index is 14.4. The van der Waals surface area contributed by atoms with Gasteiger partial charge in [0.1, 0.15) is 17.8 Å². The van der Waals surface area contributed by atoms with Gasteiger partial charge in [0.25, 0.3) is 0 Å². The van der Waals surface area contributed by atoms with Crippen LogP contribution in [0, 0.1) is 0 Å². The molecule has 0 saturated carbocycles. The first-order chi connectivity index (χ1) is 22.8. The Morgan fingerprint density at radius 1 is 0.851 bits per heavy atom. The van der Waals surface area contributed by atoms with E-state index in [1.165, 1.54) is 24.4 Å². The predicted octanol–water partition coefficient (Wildman–Crippen LogP) is 4.25. The molecule has 4 aromatic rings. The summed E-state index contributed by atoms with van der Waals surface area (Å²) < 4.78 is 6.39. The first kappa shape index (κ1) is 33.6. The van der Waals surface area contributed by atoms with Gasteiger partial charge in [-0.15, -0.1) is 0 Å². The van der Waals surface area contributed by atoms with Crippen molar-refractivity contribution in [3.8, 4) is 5.75 Å². The number of carbonyl (C=O) groups excluding carboxylic acids is 3. The number of hydrogen-bond acceptors (Lipinski definition) is 6. The fourth-order valence-corrected chi connectivity index (χ4v) is 6.28. The van der Waals surface area contributed by atoms with Crippen molar-refractivity contribution >= 4 is 28.5 Å². The van der Waals surface area contributed by atoms with Gasteiger partial charge in [-0.25, -0.2) is 0 Å². The standard InChI is InChI=1S/C38H44N4O5/c1-26(43)40-35(21-28-14-17-33(44)18-15-28)37(45)41-36(22-27-8-3-2-4-9-27)38(46)42-24-34(23-32(42)12-7-19-39)47-25-29-13-16-30-10-5-6-11-31(30)20-29/h2-6,8-11,13-18,20,32,34-36,44H,7,12,19,21-25,39H2,1H3,(H,40,43)(H,41,45)/t32?,34?,35?,36-/m1/s1. The molecule has 1 fully saturated rings. The maximum atomic E-state index is 14.4. The van der Waals surface area contributed by atoms with Crippen LogP contribution in [0.25, 0.3) is 10.8 Å². The third kappa shape index (κ3) is 9.40. The highest BCUT2D eigenvalue weighted by Gasteiger charge is 2.39. The van der Waals surface area contributed by atoms with Crippen molar-refractivity contribution in [1.82, 2.24) is 15.5 Å². The Morgan fingerprint density at radius 3 is 2.23 bits per heavy atom. The topological polar surface area (TPSA) is 134 Å². The summed E-state index contributed by atoms with van der Waals surface area (Å²) in [6.07, 6.45) is 2.51. The molecule has 0 radical (unpaired) electrons. The van der Waals surface area contributed by atoms with E-state index in [9.17, 15) is 19.5 Å². The Bertz CT molecular complexity index is 1650. The molecule has 47 heavy (non-hydrogen) atoms. The molecule has 0 spiro atoms. The van der Waals surface area contributed by atoms with Crippen LogP contribution in [-0.4, -0.2) is 65.0 Å². The summed E-state index contributed by atoms with van der Waals surface area (Å²) in [5.74, 6) is -0.892. The van der Waals surface area contributed by atoms with Gasteiger partial charge in [0, 0.05) is 32.4 Å². The highest BCUT2D eigenvalue weighted by molar-refractivity contribution is 5.92. The van der Waals surface area contributed by atoms with Gasteiger partial charge >= 0.3 is 0 Å². The number of nitrogens with one attached hydrogen (secondary N) is 2. The van der Waals surface area contributed by atoms with Crippen LogP contribution in [0.2, 0.25) is 0 Å². The number of nitrogens with zero attached hydrogens (tertiary/aromatic N) is 1. The molecule has 5 N–H and O–H groups in total. The summed E-state index contributed by atoms with van der Waals surface area (Å²) >= 11 is 0. The number of fused-ring (bicyclic) bond motifs is 1. The van der Waals surface area contributed by atoms with Crippen LogP contribution in [0.3, 0.4) is 0 Å². The molecule has 1 aliphatic heterocycles. The number of amides is 3. The van der Waals surface area contributed by atoms with Crippen LogP contribution < -0.4 is 16.4 Å². The summed E-state index contributed by atoms with van der Waals surface area (Å²) in [6, 6.07) is 28.7. The lowest BCUT2D eigenvalue weighted by molar-refractivity contribution is -0.138. The summed E-state index contributed by atoms with van der Waals surface area (Å²) in [6.45, 7) is 2.71. The minimum Gasteiger partial charge on any atom is -0.508 e. The van der Waals surface area contributed by atoms with Gasteiger partial charge in [0.05, 0.1) is 12.7 Å². The van der Waals surface area contributed by atoms with Gasteiger partial charge in [-0.2, -0.15) is 0 Å². The van der Waals surface area contributed by atoms with Crippen molar-refractivity contribution in [3.05, 3.63) is 114 Å². The zero-order chi connectivity index (χ0) is 33.2. The van der Waals surface area contributed by atoms with E-state index in [1.54, 1.807) is 12.1 Å². The number of phenols is 1. The number of hydrogen-bond donors (Lipinski definition) is 4. The molecule has 4 aromatic carbocycles. The monoisotopic (exact) mass is 636 g/mol. The van der Waals surface area contributed by atoms with Gasteiger partial charge < -0.3 is 31.1 Å². The van der Waals surface area contributed by atoms with E-state index in [0.29, 0.717) is 32.5 Å². The number of likely N-dealkylation sites (tertiary alicyclic amines) is 1.